The predicted molar refractivity (Wildman–Crippen MR) is 112 cm³/mol. The first-order valence-electron chi connectivity index (χ1n) is 9.56. The molecule has 0 bridgehead atoms. The highest BCUT2D eigenvalue weighted by atomic mass is 35.5. The minimum atomic E-state index is -0.363. The largest absolute Gasteiger partial charge is 0.451 e. The van der Waals surface area contributed by atoms with Crippen molar-refractivity contribution < 1.29 is 14.0 Å². The predicted octanol–water partition coefficient (Wildman–Crippen LogP) is 4.49. The number of ketones is 1. The van der Waals surface area contributed by atoms with Crippen molar-refractivity contribution in [2.45, 2.75) is 19.8 Å². The zero-order chi connectivity index (χ0) is 20.5. The maximum atomic E-state index is 13.0. The number of piperidine rings is 1. The van der Waals surface area contributed by atoms with Crippen LogP contribution in [0, 0.1) is 12.8 Å². The van der Waals surface area contributed by atoms with Crippen LogP contribution in [0.2, 0.25) is 5.02 Å². The third kappa shape index (κ3) is 3.83. The second kappa shape index (κ2) is 7.84. The summed E-state index contributed by atoms with van der Waals surface area (Å²) in [6.07, 6.45) is 1.43. The molecule has 0 aliphatic carbocycles. The zero-order valence-electron chi connectivity index (χ0n) is 16.0. The Labute approximate surface area is 172 Å². The Bertz CT molecular complexity index is 1170. The Kier molecular flexibility index (Phi) is 5.24. The Morgan fingerprint density at radius 1 is 1.14 bits per heavy atom. The van der Waals surface area contributed by atoms with Gasteiger partial charge >= 0.3 is 0 Å². The van der Waals surface area contributed by atoms with Crippen molar-refractivity contribution in [2.24, 2.45) is 5.92 Å². The van der Waals surface area contributed by atoms with Crippen molar-refractivity contribution in [3.05, 3.63) is 80.7 Å². The summed E-state index contributed by atoms with van der Waals surface area (Å²) in [5.74, 6) is -0.640. The molecule has 0 spiro atoms. The molecule has 0 saturated carbocycles. The molecule has 6 heteroatoms. The molecule has 4 rings (SSSR count). The van der Waals surface area contributed by atoms with Gasteiger partial charge in [0.05, 0.1) is 5.39 Å². The fourth-order valence-electron chi connectivity index (χ4n) is 3.86. The first-order chi connectivity index (χ1) is 13.9. The van der Waals surface area contributed by atoms with Gasteiger partial charge in [0.15, 0.2) is 17.0 Å². The normalized spacial score (nSPS) is 16.8. The van der Waals surface area contributed by atoms with Crippen LogP contribution in [0.1, 0.15) is 39.3 Å². The zero-order valence-corrected chi connectivity index (χ0v) is 16.7. The molecule has 0 N–H and O–H groups in total. The number of halogens is 1. The van der Waals surface area contributed by atoms with Gasteiger partial charge in [0, 0.05) is 35.7 Å². The van der Waals surface area contributed by atoms with E-state index in [2.05, 4.69) is 0 Å². The second-order valence-corrected chi connectivity index (χ2v) is 7.82. The molecule has 5 nitrogen and oxygen atoms in total. The van der Waals surface area contributed by atoms with Crippen molar-refractivity contribution in [1.29, 1.82) is 0 Å². The minimum Gasteiger partial charge on any atom is -0.451 e. The van der Waals surface area contributed by atoms with E-state index in [-0.39, 0.29) is 28.8 Å². The number of para-hydroxylation sites is 1. The topological polar surface area (TPSA) is 67.6 Å². The summed E-state index contributed by atoms with van der Waals surface area (Å²) < 4.78 is 5.68. The molecule has 148 valence electrons. The highest BCUT2D eigenvalue weighted by Crippen LogP contribution is 2.25. The van der Waals surface area contributed by atoms with Crippen molar-refractivity contribution in [3.63, 3.8) is 0 Å². The number of rotatable bonds is 3. The van der Waals surface area contributed by atoms with E-state index in [1.165, 1.54) is 6.07 Å². The van der Waals surface area contributed by atoms with E-state index in [9.17, 15) is 14.4 Å². The molecule has 2 heterocycles. The van der Waals surface area contributed by atoms with Crippen LogP contribution in [-0.2, 0) is 0 Å². The van der Waals surface area contributed by atoms with E-state index in [4.69, 9.17) is 16.0 Å². The summed E-state index contributed by atoms with van der Waals surface area (Å²) in [6, 6.07) is 13.3. The van der Waals surface area contributed by atoms with Gasteiger partial charge in [0.2, 0.25) is 0 Å². The molecule has 3 aromatic rings. The van der Waals surface area contributed by atoms with Crippen LogP contribution < -0.4 is 5.43 Å². The summed E-state index contributed by atoms with van der Waals surface area (Å²) in [5.41, 5.74) is 1.58. The van der Waals surface area contributed by atoms with Gasteiger partial charge in [-0.05, 0) is 55.7 Å². The molecular weight excluding hydrogens is 390 g/mol. The Balaban J connectivity index is 1.57. The van der Waals surface area contributed by atoms with E-state index in [1.807, 2.05) is 6.92 Å². The average Bonchev–Trinajstić information content (AvgIpc) is 2.73. The van der Waals surface area contributed by atoms with Gasteiger partial charge in [0.1, 0.15) is 5.58 Å². The van der Waals surface area contributed by atoms with Gasteiger partial charge in [-0.25, -0.2) is 0 Å². The molecule has 1 unspecified atom stereocenters. The third-order valence-electron chi connectivity index (χ3n) is 5.38. The van der Waals surface area contributed by atoms with Crippen molar-refractivity contribution in [3.8, 4) is 0 Å². The summed E-state index contributed by atoms with van der Waals surface area (Å²) in [4.78, 5) is 39.9. The van der Waals surface area contributed by atoms with E-state index in [0.29, 0.717) is 47.5 Å². The molecule has 1 aromatic heterocycles. The Morgan fingerprint density at radius 3 is 2.72 bits per heavy atom. The number of likely N-dealkylation sites (tertiary alicyclic amines) is 1. The number of hydrogen-bond donors (Lipinski definition) is 0. The first kappa shape index (κ1) is 19.4. The third-order valence-corrected chi connectivity index (χ3v) is 5.61. The van der Waals surface area contributed by atoms with Gasteiger partial charge in [-0.15, -0.1) is 0 Å². The summed E-state index contributed by atoms with van der Waals surface area (Å²) >= 11 is 5.99. The van der Waals surface area contributed by atoms with Crippen LogP contribution >= 0.6 is 11.6 Å². The quantitative estimate of drug-likeness (QED) is 0.598. The summed E-state index contributed by atoms with van der Waals surface area (Å²) in [6.45, 7) is 2.68. The number of amides is 1. The van der Waals surface area contributed by atoms with Crippen LogP contribution in [0.3, 0.4) is 0 Å². The number of nitrogens with zero attached hydrogens (tertiary/aromatic N) is 1. The van der Waals surface area contributed by atoms with Crippen molar-refractivity contribution >= 4 is 34.3 Å². The average molecular weight is 410 g/mol. The van der Waals surface area contributed by atoms with Crippen LogP contribution in [0.25, 0.3) is 11.0 Å². The van der Waals surface area contributed by atoms with Crippen LogP contribution in [0.4, 0.5) is 0 Å². The Morgan fingerprint density at radius 2 is 1.93 bits per heavy atom. The molecule has 1 fully saturated rings. The lowest BCUT2D eigenvalue weighted by atomic mass is 9.88. The lowest BCUT2D eigenvalue weighted by molar-refractivity contribution is 0.0611. The highest BCUT2D eigenvalue weighted by Gasteiger charge is 2.31. The fourth-order valence-corrected chi connectivity index (χ4v) is 4.09. The van der Waals surface area contributed by atoms with Gasteiger partial charge in [-0.2, -0.15) is 0 Å². The SMILES string of the molecule is Cc1cc(Cl)ccc1C(=O)C1CCCN(C(=O)c2cc(=O)c3ccccc3o2)C1. The fraction of sp³-hybridized carbons (Fsp3) is 0.261. The van der Waals surface area contributed by atoms with Crippen LogP contribution in [0.15, 0.2) is 57.7 Å². The van der Waals surface area contributed by atoms with E-state index in [0.717, 1.165) is 5.56 Å². The van der Waals surface area contributed by atoms with Gasteiger partial charge in [-0.3, -0.25) is 14.4 Å². The van der Waals surface area contributed by atoms with Crippen LogP contribution in [0.5, 0.6) is 0 Å². The molecule has 1 saturated heterocycles. The number of carbonyl (C=O) groups excluding carboxylic acids is 2. The lowest BCUT2D eigenvalue weighted by Gasteiger charge is -2.32. The number of Topliss-reactive ketones (excluding diaryl/α,β-unsaturated/α-hetero) is 1. The lowest BCUT2D eigenvalue weighted by Crippen LogP contribution is -2.42. The van der Waals surface area contributed by atoms with Gasteiger partial charge in [-0.1, -0.05) is 23.7 Å². The molecular formula is C23H20ClNO4. The van der Waals surface area contributed by atoms with E-state index in [1.54, 1.807) is 47.4 Å². The highest BCUT2D eigenvalue weighted by molar-refractivity contribution is 6.30. The molecule has 0 radical (unpaired) electrons. The summed E-state index contributed by atoms with van der Waals surface area (Å²) in [7, 11) is 0. The van der Waals surface area contributed by atoms with Crippen molar-refractivity contribution in [1.82, 2.24) is 4.90 Å². The number of aryl methyl sites for hydroxylation is 1. The number of benzene rings is 2. The van der Waals surface area contributed by atoms with E-state index < -0.39 is 0 Å². The molecule has 1 amide bonds. The molecule has 29 heavy (non-hydrogen) atoms. The maximum absolute atomic E-state index is 13.0. The van der Waals surface area contributed by atoms with E-state index >= 15 is 0 Å². The molecule has 1 atom stereocenters. The molecule has 1 aliphatic heterocycles. The van der Waals surface area contributed by atoms with Crippen molar-refractivity contribution in [2.75, 3.05) is 13.1 Å². The second-order valence-electron chi connectivity index (χ2n) is 7.38. The monoisotopic (exact) mass is 409 g/mol. The number of hydrogen-bond acceptors (Lipinski definition) is 4. The number of fused-ring (bicyclic) bond motifs is 1. The van der Waals surface area contributed by atoms with Gasteiger partial charge < -0.3 is 9.32 Å². The summed E-state index contributed by atoms with van der Waals surface area (Å²) in [5, 5.41) is 1.03. The first-order valence-corrected chi connectivity index (χ1v) is 9.94. The molecule has 1 aliphatic rings. The number of carbonyl (C=O) groups is 2. The standard InChI is InChI=1S/C23H20ClNO4/c1-14-11-16(24)8-9-17(14)22(27)15-5-4-10-25(13-15)23(28)21-12-19(26)18-6-2-3-7-20(18)29-21/h2-3,6-9,11-12,15H,4-5,10,13H2,1H3. The van der Waals surface area contributed by atoms with Crippen LogP contribution in [-0.4, -0.2) is 29.7 Å². The minimum absolute atomic E-state index is 0.00414. The smallest absolute Gasteiger partial charge is 0.289 e. The Hall–Kier alpha value is -2.92. The maximum Gasteiger partial charge on any atom is 0.289 e. The van der Waals surface area contributed by atoms with Gasteiger partial charge in [0.25, 0.3) is 5.91 Å². The molecule has 2 aromatic carbocycles.